The molecule has 1 heterocycles. The van der Waals surface area contributed by atoms with Crippen molar-refractivity contribution in [3.63, 3.8) is 0 Å². The molecule has 29 heavy (non-hydrogen) atoms. The summed E-state index contributed by atoms with van der Waals surface area (Å²) in [5.41, 5.74) is -1.31. The molecular weight excluding hydrogens is 380 g/mol. The van der Waals surface area contributed by atoms with E-state index in [9.17, 15) is 19.2 Å². The zero-order chi connectivity index (χ0) is 21.4. The van der Waals surface area contributed by atoms with Crippen molar-refractivity contribution >= 4 is 23.9 Å². The number of fused-ring (bicyclic) bond motifs is 1. The van der Waals surface area contributed by atoms with Crippen molar-refractivity contribution in [2.75, 3.05) is 13.2 Å². The van der Waals surface area contributed by atoms with E-state index in [1.54, 1.807) is 13.8 Å². The fourth-order valence-electron chi connectivity index (χ4n) is 4.64. The maximum atomic E-state index is 12.2. The van der Waals surface area contributed by atoms with Crippen LogP contribution >= 0.6 is 0 Å². The van der Waals surface area contributed by atoms with E-state index in [-0.39, 0.29) is 55.7 Å². The monoisotopic (exact) mass is 410 g/mol. The first-order valence-electron chi connectivity index (χ1n) is 10.3. The first-order valence-corrected chi connectivity index (χ1v) is 10.3. The zero-order valence-corrected chi connectivity index (χ0v) is 17.5. The molecule has 1 aliphatic heterocycles. The van der Waals surface area contributed by atoms with Gasteiger partial charge in [0, 0.05) is 11.8 Å². The van der Waals surface area contributed by atoms with Gasteiger partial charge in [0.2, 0.25) is 0 Å². The molecule has 0 amide bonds. The Morgan fingerprint density at radius 2 is 1.76 bits per heavy atom. The average molecular weight is 410 g/mol. The number of hydrogen-bond donors (Lipinski definition) is 0. The Morgan fingerprint density at radius 3 is 2.45 bits per heavy atom. The third kappa shape index (κ3) is 4.12. The van der Waals surface area contributed by atoms with E-state index >= 15 is 0 Å². The van der Waals surface area contributed by atoms with Gasteiger partial charge in [0.15, 0.2) is 0 Å². The number of rotatable bonds is 9. The summed E-state index contributed by atoms with van der Waals surface area (Å²) in [5.74, 6) is -1.40. The second-order valence-electron chi connectivity index (χ2n) is 9.05. The smallest absolute Gasteiger partial charge is 0.311 e. The number of esters is 4. The molecule has 1 saturated heterocycles. The molecular formula is C21H30O8. The van der Waals surface area contributed by atoms with Crippen LogP contribution in [0, 0.1) is 23.2 Å². The number of hydrogen-bond acceptors (Lipinski definition) is 8. The van der Waals surface area contributed by atoms with Gasteiger partial charge >= 0.3 is 23.9 Å². The van der Waals surface area contributed by atoms with Crippen LogP contribution in [-0.2, 0) is 38.1 Å². The second-order valence-corrected chi connectivity index (χ2v) is 9.05. The quantitative estimate of drug-likeness (QED) is 0.324. The Balaban J connectivity index is 1.35. The van der Waals surface area contributed by atoms with Crippen molar-refractivity contribution in [2.45, 2.75) is 71.5 Å². The lowest BCUT2D eigenvalue weighted by Gasteiger charge is -2.34. The molecule has 3 rings (SSSR count). The fourth-order valence-corrected chi connectivity index (χ4v) is 4.64. The molecule has 3 aliphatic rings. The largest absolute Gasteiger partial charge is 0.462 e. The molecule has 162 valence electrons. The third-order valence-electron chi connectivity index (χ3n) is 6.76. The van der Waals surface area contributed by atoms with Crippen LogP contribution in [0.1, 0.15) is 59.8 Å². The van der Waals surface area contributed by atoms with Crippen LogP contribution in [0.5, 0.6) is 0 Å². The van der Waals surface area contributed by atoms with Crippen molar-refractivity contribution in [1.82, 2.24) is 0 Å². The van der Waals surface area contributed by atoms with Crippen LogP contribution in [0.3, 0.4) is 0 Å². The Bertz CT molecular complexity index is 699. The van der Waals surface area contributed by atoms with Gasteiger partial charge in [0.25, 0.3) is 0 Å². The molecule has 0 N–H and O–H groups in total. The van der Waals surface area contributed by atoms with Gasteiger partial charge in [0.05, 0.1) is 24.2 Å². The standard InChI is InChI=1S/C21H30O8/c1-5-20(2,3)19(25)27-9-8-26-15(22)6-7-16(23)28-17-12-10-13-14(11-12)21(17,4)29-18(13)24/h12-14,17H,5-11H2,1-4H3. The Morgan fingerprint density at radius 1 is 1.10 bits per heavy atom. The van der Waals surface area contributed by atoms with Crippen molar-refractivity contribution in [3.05, 3.63) is 0 Å². The molecule has 8 nitrogen and oxygen atoms in total. The van der Waals surface area contributed by atoms with Crippen LogP contribution in [0.2, 0.25) is 0 Å². The average Bonchev–Trinajstić information content (AvgIpc) is 3.26. The van der Waals surface area contributed by atoms with Crippen LogP contribution < -0.4 is 0 Å². The predicted octanol–water partition coefficient (Wildman–Crippen LogP) is 2.17. The molecule has 2 aliphatic carbocycles. The number of carbonyl (C=O) groups is 4. The molecule has 0 aromatic rings. The van der Waals surface area contributed by atoms with E-state index in [0.717, 1.165) is 6.42 Å². The van der Waals surface area contributed by atoms with Gasteiger partial charge in [-0.25, -0.2) is 0 Å². The Hall–Kier alpha value is -2.12. The molecule has 0 aromatic heterocycles. The van der Waals surface area contributed by atoms with Gasteiger partial charge in [-0.3, -0.25) is 19.2 Å². The van der Waals surface area contributed by atoms with Crippen molar-refractivity contribution < 1.29 is 38.1 Å². The maximum absolute atomic E-state index is 12.2. The van der Waals surface area contributed by atoms with E-state index in [0.29, 0.717) is 12.8 Å². The lowest BCUT2D eigenvalue weighted by atomic mass is 9.79. The van der Waals surface area contributed by atoms with Gasteiger partial charge in [-0.05, 0) is 40.0 Å². The highest BCUT2D eigenvalue weighted by atomic mass is 16.6. The highest BCUT2D eigenvalue weighted by Crippen LogP contribution is 2.61. The van der Waals surface area contributed by atoms with Crippen LogP contribution in [0.15, 0.2) is 0 Å². The highest BCUT2D eigenvalue weighted by Gasteiger charge is 2.70. The van der Waals surface area contributed by atoms with Crippen molar-refractivity contribution in [3.8, 4) is 0 Å². The van der Waals surface area contributed by atoms with Gasteiger partial charge in [0.1, 0.15) is 24.9 Å². The lowest BCUT2D eigenvalue weighted by molar-refractivity contribution is -0.175. The molecule has 5 atom stereocenters. The topological polar surface area (TPSA) is 105 Å². The van der Waals surface area contributed by atoms with Gasteiger partial charge in [-0.15, -0.1) is 0 Å². The molecule has 0 spiro atoms. The lowest BCUT2D eigenvalue weighted by Crippen LogP contribution is -2.46. The predicted molar refractivity (Wildman–Crippen MR) is 99.3 cm³/mol. The summed E-state index contributed by atoms with van der Waals surface area (Å²) in [6, 6.07) is 0. The fraction of sp³-hybridized carbons (Fsp3) is 0.810. The summed E-state index contributed by atoms with van der Waals surface area (Å²) in [4.78, 5) is 47.8. The second kappa shape index (κ2) is 7.95. The SMILES string of the molecule is CCC(C)(C)C(=O)OCCOC(=O)CCC(=O)OC1C2CC3C(=O)OC1(C)C3C2. The summed E-state index contributed by atoms with van der Waals surface area (Å²) >= 11 is 0. The minimum absolute atomic E-state index is 0.0194. The molecule has 2 bridgehead atoms. The summed E-state index contributed by atoms with van der Waals surface area (Å²) in [6.45, 7) is 7.23. The highest BCUT2D eigenvalue weighted by molar-refractivity contribution is 5.79. The number of carbonyl (C=O) groups excluding carboxylic acids is 4. The van der Waals surface area contributed by atoms with E-state index in [1.807, 2.05) is 13.8 Å². The van der Waals surface area contributed by atoms with Crippen LogP contribution in [0.25, 0.3) is 0 Å². The van der Waals surface area contributed by atoms with E-state index < -0.39 is 29.1 Å². The van der Waals surface area contributed by atoms with Crippen LogP contribution in [0.4, 0.5) is 0 Å². The van der Waals surface area contributed by atoms with Crippen molar-refractivity contribution in [2.24, 2.45) is 23.2 Å². The molecule has 3 fully saturated rings. The van der Waals surface area contributed by atoms with Gasteiger partial charge in [-0.2, -0.15) is 0 Å². The third-order valence-corrected chi connectivity index (χ3v) is 6.76. The van der Waals surface area contributed by atoms with E-state index in [1.165, 1.54) is 0 Å². The van der Waals surface area contributed by atoms with E-state index in [2.05, 4.69) is 0 Å². The maximum Gasteiger partial charge on any atom is 0.311 e. The molecule has 0 aromatic carbocycles. The molecule has 5 unspecified atom stereocenters. The molecule has 0 radical (unpaired) electrons. The summed E-state index contributed by atoms with van der Waals surface area (Å²) in [6.07, 6.45) is 1.51. The first-order chi connectivity index (χ1) is 13.6. The zero-order valence-electron chi connectivity index (χ0n) is 17.5. The van der Waals surface area contributed by atoms with Gasteiger partial charge in [-0.1, -0.05) is 6.92 Å². The minimum atomic E-state index is -0.739. The summed E-state index contributed by atoms with van der Waals surface area (Å²) in [5, 5.41) is 0. The van der Waals surface area contributed by atoms with Gasteiger partial charge < -0.3 is 18.9 Å². The number of ether oxygens (including phenoxy) is 4. The van der Waals surface area contributed by atoms with Crippen LogP contribution in [-0.4, -0.2) is 48.8 Å². The molecule has 8 heteroatoms. The minimum Gasteiger partial charge on any atom is -0.462 e. The summed E-state index contributed by atoms with van der Waals surface area (Å²) < 4.78 is 21.2. The summed E-state index contributed by atoms with van der Waals surface area (Å²) in [7, 11) is 0. The van der Waals surface area contributed by atoms with Crippen molar-refractivity contribution in [1.29, 1.82) is 0 Å². The molecule has 2 saturated carbocycles. The normalized spacial score (nSPS) is 32.1. The van der Waals surface area contributed by atoms with E-state index in [4.69, 9.17) is 18.9 Å². The Labute approximate surface area is 170 Å². The first kappa shape index (κ1) is 21.6. The Kier molecular flexibility index (Phi) is 5.92.